The molecular formula is C17H23ClN2O3S. The summed E-state index contributed by atoms with van der Waals surface area (Å²) in [4.78, 5) is 12.0. The van der Waals surface area contributed by atoms with E-state index in [-0.39, 0.29) is 43.1 Å². The summed E-state index contributed by atoms with van der Waals surface area (Å²) in [6.07, 6.45) is 1.67. The Bertz CT molecular complexity index is 793. The molecular weight excluding hydrogens is 348 g/mol. The fraction of sp³-hybridized carbons (Fsp3) is 0.353. The zero-order chi connectivity index (χ0) is 16.9. The van der Waals surface area contributed by atoms with E-state index in [0.717, 1.165) is 16.3 Å². The van der Waals surface area contributed by atoms with Gasteiger partial charge in [0.1, 0.15) is 9.84 Å². The summed E-state index contributed by atoms with van der Waals surface area (Å²) in [6, 6.07) is 13.7. The molecule has 0 aromatic heterocycles. The third-order valence-corrected chi connectivity index (χ3v) is 4.70. The summed E-state index contributed by atoms with van der Waals surface area (Å²) < 4.78 is 22.2. The molecule has 0 bridgehead atoms. The summed E-state index contributed by atoms with van der Waals surface area (Å²) in [6.45, 7) is 0.288. The Morgan fingerprint density at radius 3 is 2.46 bits per heavy atom. The molecule has 0 saturated carbocycles. The molecule has 0 heterocycles. The largest absolute Gasteiger partial charge is 0.348 e. The number of fused-ring (bicyclic) bond motifs is 1. The predicted molar refractivity (Wildman–Crippen MR) is 100 cm³/mol. The van der Waals surface area contributed by atoms with Gasteiger partial charge in [-0.15, -0.1) is 12.4 Å². The average molecular weight is 371 g/mol. The van der Waals surface area contributed by atoms with Gasteiger partial charge in [-0.2, -0.15) is 0 Å². The van der Waals surface area contributed by atoms with Crippen molar-refractivity contribution >= 4 is 38.9 Å². The maximum Gasteiger partial charge on any atom is 0.220 e. The molecule has 0 saturated heterocycles. The number of hydrogen-bond donors (Lipinski definition) is 2. The van der Waals surface area contributed by atoms with Gasteiger partial charge in [-0.1, -0.05) is 36.4 Å². The molecule has 24 heavy (non-hydrogen) atoms. The Morgan fingerprint density at radius 2 is 1.83 bits per heavy atom. The third kappa shape index (κ3) is 6.11. The van der Waals surface area contributed by atoms with Crippen molar-refractivity contribution in [3.63, 3.8) is 0 Å². The molecule has 0 spiro atoms. The van der Waals surface area contributed by atoms with Gasteiger partial charge >= 0.3 is 0 Å². The Labute approximate surface area is 148 Å². The molecule has 1 unspecified atom stereocenters. The van der Waals surface area contributed by atoms with Crippen LogP contribution in [0.15, 0.2) is 42.5 Å². The highest BCUT2D eigenvalue weighted by Gasteiger charge is 2.14. The lowest BCUT2D eigenvalue weighted by molar-refractivity contribution is -0.121. The number of sulfone groups is 1. The topological polar surface area (TPSA) is 89.3 Å². The summed E-state index contributed by atoms with van der Waals surface area (Å²) in [7, 11) is -3.03. The lowest BCUT2D eigenvalue weighted by atomic mass is 10.0. The van der Waals surface area contributed by atoms with Crippen LogP contribution in [0.4, 0.5) is 0 Å². The molecule has 7 heteroatoms. The van der Waals surface area contributed by atoms with E-state index >= 15 is 0 Å². The first-order valence-corrected chi connectivity index (χ1v) is 9.61. The van der Waals surface area contributed by atoms with E-state index in [1.54, 1.807) is 0 Å². The van der Waals surface area contributed by atoms with Crippen molar-refractivity contribution < 1.29 is 13.2 Å². The van der Waals surface area contributed by atoms with Crippen LogP contribution in [-0.2, 0) is 14.6 Å². The van der Waals surface area contributed by atoms with Gasteiger partial charge in [0.2, 0.25) is 5.91 Å². The molecule has 2 aromatic carbocycles. The van der Waals surface area contributed by atoms with Gasteiger partial charge in [0.25, 0.3) is 0 Å². The number of rotatable bonds is 7. The number of carbonyl (C=O) groups excluding carboxylic acids is 1. The van der Waals surface area contributed by atoms with E-state index in [0.29, 0.717) is 6.42 Å². The van der Waals surface area contributed by atoms with Crippen LogP contribution >= 0.6 is 12.4 Å². The van der Waals surface area contributed by atoms with Gasteiger partial charge < -0.3 is 11.1 Å². The SMILES string of the molecule is CS(=O)(=O)CCCC(=O)NC(CN)c1ccc2ccccc2c1.Cl. The molecule has 1 atom stereocenters. The summed E-state index contributed by atoms with van der Waals surface area (Å²) in [5.41, 5.74) is 6.73. The quantitative estimate of drug-likeness (QED) is 0.781. The fourth-order valence-corrected chi connectivity index (χ4v) is 3.13. The molecule has 0 aliphatic heterocycles. The van der Waals surface area contributed by atoms with Crippen LogP contribution in [0.25, 0.3) is 10.8 Å². The number of nitrogens with two attached hydrogens (primary N) is 1. The first kappa shape index (κ1) is 20.4. The van der Waals surface area contributed by atoms with Gasteiger partial charge in [-0.3, -0.25) is 4.79 Å². The number of amides is 1. The van der Waals surface area contributed by atoms with E-state index in [1.807, 2.05) is 42.5 Å². The number of carbonyl (C=O) groups is 1. The first-order chi connectivity index (χ1) is 10.9. The Kier molecular flexibility index (Phi) is 7.66. The molecule has 0 aliphatic carbocycles. The lowest BCUT2D eigenvalue weighted by Crippen LogP contribution is -2.33. The van der Waals surface area contributed by atoms with Crippen LogP contribution in [0.5, 0.6) is 0 Å². The molecule has 2 rings (SSSR count). The maximum atomic E-state index is 12.0. The van der Waals surface area contributed by atoms with E-state index < -0.39 is 9.84 Å². The van der Waals surface area contributed by atoms with E-state index in [9.17, 15) is 13.2 Å². The highest BCUT2D eigenvalue weighted by Crippen LogP contribution is 2.20. The van der Waals surface area contributed by atoms with Crippen LogP contribution in [-0.4, -0.2) is 32.9 Å². The predicted octanol–water partition coefficient (Wildman–Crippen LogP) is 2.20. The minimum Gasteiger partial charge on any atom is -0.348 e. The Hall–Kier alpha value is -1.63. The van der Waals surface area contributed by atoms with Crippen molar-refractivity contribution in [1.82, 2.24) is 5.32 Å². The normalized spacial score (nSPS) is 12.4. The summed E-state index contributed by atoms with van der Waals surface area (Å²) in [5.74, 6) is -0.166. The van der Waals surface area contributed by atoms with Gasteiger partial charge in [0, 0.05) is 19.2 Å². The smallest absolute Gasteiger partial charge is 0.220 e. The van der Waals surface area contributed by atoms with Crippen molar-refractivity contribution in [3.05, 3.63) is 48.0 Å². The minimum absolute atomic E-state index is 0. The van der Waals surface area contributed by atoms with E-state index in [1.165, 1.54) is 6.26 Å². The number of hydrogen-bond acceptors (Lipinski definition) is 4. The fourth-order valence-electron chi connectivity index (χ4n) is 2.46. The zero-order valence-electron chi connectivity index (χ0n) is 13.6. The number of nitrogens with one attached hydrogen (secondary N) is 1. The zero-order valence-corrected chi connectivity index (χ0v) is 15.2. The molecule has 0 aliphatic rings. The summed E-state index contributed by atoms with van der Waals surface area (Å²) in [5, 5.41) is 5.10. The second-order valence-electron chi connectivity index (χ2n) is 5.70. The van der Waals surface area contributed by atoms with E-state index in [4.69, 9.17) is 5.73 Å². The van der Waals surface area contributed by atoms with Gasteiger partial charge in [0.15, 0.2) is 0 Å². The van der Waals surface area contributed by atoms with Crippen molar-refractivity contribution in [2.45, 2.75) is 18.9 Å². The van der Waals surface area contributed by atoms with Crippen LogP contribution in [0.3, 0.4) is 0 Å². The van der Waals surface area contributed by atoms with Gasteiger partial charge in [-0.25, -0.2) is 8.42 Å². The molecule has 0 fully saturated rings. The van der Waals surface area contributed by atoms with Crippen molar-refractivity contribution in [3.8, 4) is 0 Å². The monoisotopic (exact) mass is 370 g/mol. The molecule has 1 amide bonds. The minimum atomic E-state index is -3.03. The van der Waals surface area contributed by atoms with Crippen LogP contribution in [0.1, 0.15) is 24.4 Å². The van der Waals surface area contributed by atoms with Crippen molar-refractivity contribution in [2.24, 2.45) is 5.73 Å². The summed E-state index contributed by atoms with van der Waals surface area (Å²) >= 11 is 0. The maximum absolute atomic E-state index is 12.0. The van der Waals surface area contributed by atoms with E-state index in [2.05, 4.69) is 5.32 Å². The second kappa shape index (κ2) is 9.01. The molecule has 0 radical (unpaired) electrons. The molecule has 3 N–H and O–H groups in total. The molecule has 2 aromatic rings. The van der Waals surface area contributed by atoms with Crippen molar-refractivity contribution in [1.29, 1.82) is 0 Å². The first-order valence-electron chi connectivity index (χ1n) is 7.55. The highest BCUT2D eigenvalue weighted by molar-refractivity contribution is 7.90. The Morgan fingerprint density at radius 1 is 1.17 bits per heavy atom. The van der Waals surface area contributed by atoms with Crippen molar-refractivity contribution in [2.75, 3.05) is 18.6 Å². The highest BCUT2D eigenvalue weighted by atomic mass is 35.5. The molecule has 5 nitrogen and oxygen atoms in total. The standard InChI is InChI=1S/C17H22N2O3S.ClH/c1-23(21,22)10-4-7-17(20)19-16(12-18)15-9-8-13-5-2-3-6-14(13)11-15;/h2-3,5-6,8-9,11,16H,4,7,10,12,18H2,1H3,(H,19,20);1H. The van der Waals surface area contributed by atoms with Crippen LogP contribution in [0, 0.1) is 0 Å². The van der Waals surface area contributed by atoms with Crippen LogP contribution < -0.4 is 11.1 Å². The lowest BCUT2D eigenvalue weighted by Gasteiger charge is -2.18. The Balaban J connectivity index is 0.00000288. The van der Waals surface area contributed by atoms with Gasteiger partial charge in [0.05, 0.1) is 11.8 Å². The molecule has 132 valence electrons. The second-order valence-corrected chi connectivity index (χ2v) is 7.96. The number of halogens is 1. The van der Waals surface area contributed by atoms with Gasteiger partial charge in [-0.05, 0) is 28.8 Å². The third-order valence-electron chi connectivity index (χ3n) is 3.67. The van der Waals surface area contributed by atoms with Crippen LogP contribution in [0.2, 0.25) is 0 Å². The number of benzene rings is 2. The average Bonchev–Trinajstić information content (AvgIpc) is 2.51.